The number of imidazole rings is 1. The zero-order valence-corrected chi connectivity index (χ0v) is 19.2. The number of hydrogen-bond acceptors (Lipinski definition) is 6. The van der Waals surface area contributed by atoms with Gasteiger partial charge >= 0.3 is 0 Å². The predicted molar refractivity (Wildman–Crippen MR) is 132 cm³/mol. The summed E-state index contributed by atoms with van der Waals surface area (Å²) >= 11 is 0. The van der Waals surface area contributed by atoms with E-state index in [1.165, 1.54) is 12.1 Å². The maximum atomic E-state index is 14.6. The van der Waals surface area contributed by atoms with Crippen molar-refractivity contribution >= 4 is 22.4 Å². The van der Waals surface area contributed by atoms with Crippen molar-refractivity contribution in [2.45, 2.75) is 18.9 Å². The van der Waals surface area contributed by atoms with Crippen LogP contribution in [-0.4, -0.2) is 43.3 Å². The predicted octanol–water partition coefficient (Wildman–Crippen LogP) is 3.89. The first-order valence-corrected chi connectivity index (χ1v) is 11.5. The molecule has 4 heterocycles. The lowest BCUT2D eigenvalue weighted by Crippen LogP contribution is -2.43. The molecule has 9 heteroatoms. The molecule has 1 aliphatic heterocycles. The Morgan fingerprint density at radius 3 is 2.83 bits per heavy atom. The van der Waals surface area contributed by atoms with Gasteiger partial charge in [-0.05, 0) is 37.1 Å². The van der Waals surface area contributed by atoms with Gasteiger partial charge in [-0.2, -0.15) is 10.4 Å². The zero-order valence-electron chi connectivity index (χ0n) is 19.2. The van der Waals surface area contributed by atoms with Crippen LogP contribution in [0.5, 0.6) is 0 Å². The van der Waals surface area contributed by atoms with Crippen molar-refractivity contribution in [3.8, 4) is 28.6 Å². The standard InChI is InChI=1S/C26H23FN8/c1-33-14-19-11-17(6-7-22(19)32-33)24-23(16-4-5-18(13-28)21(27)12-16)31-26-25(30-8-10-35(24)26)34-9-2-3-20(29)15-34/h4-8,10-12,14,20H,2-3,9,15,29H2,1H3/t20-/m1/s1. The molecule has 2 N–H and O–H groups in total. The second-order valence-electron chi connectivity index (χ2n) is 8.98. The maximum absolute atomic E-state index is 14.6. The lowest BCUT2D eigenvalue weighted by molar-refractivity contribution is 0.503. The number of nitrogens with two attached hydrogens (primary N) is 1. The van der Waals surface area contributed by atoms with Crippen LogP contribution in [0.1, 0.15) is 18.4 Å². The van der Waals surface area contributed by atoms with Crippen molar-refractivity contribution in [3.05, 3.63) is 66.4 Å². The van der Waals surface area contributed by atoms with Crippen LogP contribution in [0.15, 0.2) is 55.0 Å². The van der Waals surface area contributed by atoms with Gasteiger partial charge in [0.05, 0.1) is 22.5 Å². The number of piperidine rings is 1. The Morgan fingerprint density at radius 2 is 2.03 bits per heavy atom. The minimum Gasteiger partial charge on any atom is -0.352 e. The average molecular weight is 467 g/mol. The molecule has 6 rings (SSSR count). The fourth-order valence-electron chi connectivity index (χ4n) is 4.92. The number of fused-ring (bicyclic) bond motifs is 2. The summed E-state index contributed by atoms with van der Waals surface area (Å²) in [6.07, 6.45) is 7.58. The third-order valence-corrected chi connectivity index (χ3v) is 6.54. The van der Waals surface area contributed by atoms with E-state index in [-0.39, 0.29) is 11.6 Å². The highest BCUT2D eigenvalue weighted by atomic mass is 19.1. The molecule has 0 unspecified atom stereocenters. The highest BCUT2D eigenvalue weighted by Gasteiger charge is 2.24. The summed E-state index contributed by atoms with van der Waals surface area (Å²) < 4.78 is 18.4. The van der Waals surface area contributed by atoms with Gasteiger partial charge in [-0.25, -0.2) is 14.4 Å². The number of nitriles is 1. The molecule has 0 spiro atoms. The lowest BCUT2D eigenvalue weighted by Gasteiger charge is -2.31. The molecular weight excluding hydrogens is 443 g/mol. The van der Waals surface area contributed by atoms with Gasteiger partial charge in [0.25, 0.3) is 0 Å². The minimum absolute atomic E-state index is 0.000466. The van der Waals surface area contributed by atoms with Crippen LogP contribution in [0.2, 0.25) is 0 Å². The van der Waals surface area contributed by atoms with Gasteiger partial charge in [0.1, 0.15) is 11.9 Å². The van der Waals surface area contributed by atoms with E-state index >= 15 is 0 Å². The molecule has 0 amide bonds. The second kappa shape index (κ2) is 8.18. The van der Waals surface area contributed by atoms with Crippen molar-refractivity contribution in [1.82, 2.24) is 24.1 Å². The van der Waals surface area contributed by atoms with E-state index in [0.717, 1.165) is 47.4 Å². The number of aryl methyl sites for hydroxylation is 1. The summed E-state index contributed by atoms with van der Waals surface area (Å²) in [5.74, 6) is 0.183. The van der Waals surface area contributed by atoms with Crippen molar-refractivity contribution in [3.63, 3.8) is 0 Å². The lowest BCUT2D eigenvalue weighted by atomic mass is 10.0. The SMILES string of the molecule is Cn1cc2cc(-c3c(-c4ccc(C#N)c(F)c4)nc4c(N5CCC[C@@H](N)C5)nccn34)ccc2n1. The molecule has 0 saturated carbocycles. The van der Waals surface area contributed by atoms with Crippen molar-refractivity contribution in [1.29, 1.82) is 5.26 Å². The van der Waals surface area contributed by atoms with Crippen LogP contribution in [0.4, 0.5) is 10.2 Å². The zero-order chi connectivity index (χ0) is 24.1. The van der Waals surface area contributed by atoms with E-state index in [1.807, 2.05) is 42.0 Å². The Bertz CT molecular complexity index is 1630. The largest absolute Gasteiger partial charge is 0.352 e. The Balaban J connectivity index is 1.61. The Morgan fingerprint density at radius 1 is 1.17 bits per heavy atom. The number of benzene rings is 2. The van der Waals surface area contributed by atoms with Gasteiger partial charge in [-0.3, -0.25) is 9.08 Å². The molecule has 8 nitrogen and oxygen atoms in total. The topological polar surface area (TPSA) is 101 Å². The maximum Gasteiger partial charge on any atom is 0.181 e. The van der Waals surface area contributed by atoms with Crippen LogP contribution in [-0.2, 0) is 7.05 Å². The van der Waals surface area contributed by atoms with Gasteiger partial charge in [0.15, 0.2) is 11.5 Å². The Hall–Kier alpha value is -4.29. The monoisotopic (exact) mass is 466 g/mol. The molecule has 1 aliphatic rings. The molecule has 174 valence electrons. The molecule has 0 aliphatic carbocycles. The minimum atomic E-state index is -0.573. The van der Waals surface area contributed by atoms with Gasteiger partial charge in [-0.1, -0.05) is 12.1 Å². The van der Waals surface area contributed by atoms with Gasteiger partial charge < -0.3 is 10.6 Å². The normalized spacial score (nSPS) is 16.2. The molecule has 1 fully saturated rings. The average Bonchev–Trinajstić information content (AvgIpc) is 3.43. The second-order valence-corrected chi connectivity index (χ2v) is 8.98. The Labute approximate surface area is 201 Å². The van der Waals surface area contributed by atoms with E-state index < -0.39 is 5.82 Å². The molecule has 5 aromatic rings. The molecule has 0 bridgehead atoms. The van der Waals surface area contributed by atoms with E-state index in [9.17, 15) is 9.65 Å². The first kappa shape index (κ1) is 21.3. The van der Waals surface area contributed by atoms with Gasteiger partial charge in [0, 0.05) is 61.3 Å². The van der Waals surface area contributed by atoms with E-state index in [4.69, 9.17) is 10.7 Å². The summed E-state index contributed by atoms with van der Waals surface area (Å²) in [7, 11) is 1.89. The van der Waals surface area contributed by atoms with Gasteiger partial charge in [-0.15, -0.1) is 0 Å². The summed E-state index contributed by atoms with van der Waals surface area (Å²) in [6.45, 7) is 1.56. The fourth-order valence-corrected chi connectivity index (χ4v) is 4.92. The molecular formula is C26H23FN8. The van der Waals surface area contributed by atoms with Crippen LogP contribution >= 0.6 is 0 Å². The number of aromatic nitrogens is 5. The number of hydrogen-bond donors (Lipinski definition) is 1. The summed E-state index contributed by atoms with van der Waals surface area (Å²) in [5.41, 5.74) is 10.8. The number of anilines is 1. The summed E-state index contributed by atoms with van der Waals surface area (Å²) in [5, 5.41) is 14.7. The highest BCUT2D eigenvalue weighted by Crippen LogP contribution is 2.37. The summed E-state index contributed by atoms with van der Waals surface area (Å²) in [6, 6.07) is 12.6. The number of rotatable bonds is 3. The summed E-state index contributed by atoms with van der Waals surface area (Å²) in [4.78, 5) is 11.8. The first-order chi connectivity index (χ1) is 17.0. The smallest absolute Gasteiger partial charge is 0.181 e. The molecule has 35 heavy (non-hydrogen) atoms. The molecule has 0 radical (unpaired) electrons. The third-order valence-electron chi connectivity index (χ3n) is 6.54. The molecule has 2 aromatic carbocycles. The molecule has 1 atom stereocenters. The quantitative estimate of drug-likeness (QED) is 0.433. The van der Waals surface area contributed by atoms with Crippen LogP contribution in [0.3, 0.4) is 0 Å². The van der Waals surface area contributed by atoms with E-state index in [1.54, 1.807) is 16.9 Å². The van der Waals surface area contributed by atoms with Crippen molar-refractivity contribution in [2.24, 2.45) is 12.8 Å². The molecule has 1 saturated heterocycles. The van der Waals surface area contributed by atoms with Crippen LogP contribution in [0, 0.1) is 17.1 Å². The fraction of sp³-hybridized carbons (Fsp3) is 0.231. The van der Waals surface area contributed by atoms with E-state index in [0.29, 0.717) is 23.4 Å². The molecule has 3 aromatic heterocycles. The Kier molecular flexibility index (Phi) is 4.97. The number of nitrogens with zero attached hydrogens (tertiary/aromatic N) is 7. The van der Waals surface area contributed by atoms with Crippen LogP contribution in [0.25, 0.3) is 39.1 Å². The van der Waals surface area contributed by atoms with Crippen molar-refractivity contribution < 1.29 is 4.39 Å². The first-order valence-electron chi connectivity index (χ1n) is 11.5. The number of halogens is 1. The van der Waals surface area contributed by atoms with Gasteiger partial charge in [0.2, 0.25) is 0 Å². The van der Waals surface area contributed by atoms with Crippen LogP contribution < -0.4 is 10.6 Å². The van der Waals surface area contributed by atoms with E-state index in [2.05, 4.69) is 21.0 Å². The third kappa shape index (κ3) is 3.59. The van der Waals surface area contributed by atoms with Crippen molar-refractivity contribution in [2.75, 3.05) is 18.0 Å². The highest BCUT2D eigenvalue weighted by molar-refractivity contribution is 5.90.